The van der Waals surface area contributed by atoms with Crippen LogP contribution in [0.15, 0.2) is 33.9 Å². The fourth-order valence-corrected chi connectivity index (χ4v) is 3.95. The molecule has 2 aromatic rings. The Morgan fingerprint density at radius 3 is 2.95 bits per heavy atom. The van der Waals surface area contributed by atoms with Crippen LogP contribution in [0.2, 0.25) is 0 Å². The van der Waals surface area contributed by atoms with Crippen LogP contribution in [-0.4, -0.2) is 31.1 Å². The van der Waals surface area contributed by atoms with Gasteiger partial charge in [0.2, 0.25) is 5.16 Å². The number of aliphatic hydroxyl groups excluding tert-OH is 1. The van der Waals surface area contributed by atoms with Gasteiger partial charge in [0.25, 0.3) is 0 Å². The van der Waals surface area contributed by atoms with Crippen LogP contribution >= 0.6 is 27.7 Å². The average molecular weight is 369 g/mol. The Bertz CT molecular complexity index is 600. The lowest BCUT2D eigenvalue weighted by Crippen LogP contribution is -2.09. The zero-order valence-electron chi connectivity index (χ0n) is 11.5. The summed E-state index contributed by atoms with van der Waals surface area (Å²) in [7, 11) is 0. The molecule has 1 atom stereocenters. The predicted molar refractivity (Wildman–Crippen MR) is 85.1 cm³/mol. The van der Waals surface area contributed by atoms with E-state index >= 15 is 0 Å². The Morgan fingerprint density at radius 2 is 2.19 bits per heavy atom. The van der Waals surface area contributed by atoms with E-state index in [-0.39, 0.29) is 0 Å². The lowest BCUT2D eigenvalue weighted by molar-refractivity contribution is 0.204. The van der Waals surface area contributed by atoms with Gasteiger partial charge in [-0.1, -0.05) is 52.7 Å². The van der Waals surface area contributed by atoms with Crippen LogP contribution in [-0.2, 0) is 0 Å². The molecule has 5 nitrogen and oxygen atoms in total. The van der Waals surface area contributed by atoms with Crippen LogP contribution in [0.25, 0.3) is 0 Å². The topological polar surface area (TPSA) is 63.8 Å². The highest BCUT2D eigenvalue weighted by Crippen LogP contribution is 2.32. The Kier molecular flexibility index (Phi) is 4.92. The van der Waals surface area contributed by atoms with E-state index in [0.29, 0.717) is 11.8 Å². The minimum atomic E-state index is -0.527. The summed E-state index contributed by atoms with van der Waals surface area (Å²) in [4.78, 5) is 0. The maximum atomic E-state index is 10.3. The van der Waals surface area contributed by atoms with E-state index in [9.17, 15) is 5.11 Å². The number of aliphatic hydroxyl groups is 1. The third kappa shape index (κ3) is 3.64. The van der Waals surface area contributed by atoms with E-state index in [2.05, 4.69) is 31.5 Å². The minimum Gasteiger partial charge on any atom is -0.388 e. The molecule has 7 heteroatoms. The average Bonchev–Trinajstić information content (AvgIpc) is 3.15. The second kappa shape index (κ2) is 6.89. The molecule has 0 aliphatic heterocycles. The molecule has 1 aromatic heterocycles. The molecule has 1 saturated carbocycles. The van der Waals surface area contributed by atoms with Crippen molar-refractivity contribution in [1.29, 1.82) is 0 Å². The molecule has 0 bridgehead atoms. The summed E-state index contributed by atoms with van der Waals surface area (Å²) in [6, 6.07) is 8.16. The third-order valence-corrected chi connectivity index (χ3v) is 5.24. The Labute approximate surface area is 136 Å². The molecule has 1 aromatic carbocycles. The smallest absolute Gasteiger partial charge is 0.209 e. The first-order chi connectivity index (χ1) is 10.2. The largest absolute Gasteiger partial charge is 0.388 e. The van der Waals surface area contributed by atoms with Crippen molar-refractivity contribution in [2.45, 2.75) is 43.0 Å². The molecule has 0 radical (unpaired) electrons. The van der Waals surface area contributed by atoms with Gasteiger partial charge in [-0.25, -0.2) is 4.68 Å². The number of hydrogen-bond acceptors (Lipinski definition) is 5. The van der Waals surface area contributed by atoms with Gasteiger partial charge in [0.05, 0.1) is 12.1 Å². The quantitative estimate of drug-likeness (QED) is 0.819. The number of nitrogens with zero attached hydrogens (tertiary/aromatic N) is 4. The van der Waals surface area contributed by atoms with Crippen molar-refractivity contribution >= 4 is 27.7 Å². The number of hydrogen-bond donors (Lipinski definition) is 1. The summed E-state index contributed by atoms with van der Waals surface area (Å²) in [6.45, 7) is 0. The fraction of sp³-hybridized carbons (Fsp3) is 0.500. The van der Waals surface area contributed by atoms with Crippen molar-refractivity contribution in [1.82, 2.24) is 20.2 Å². The number of tetrazole rings is 1. The van der Waals surface area contributed by atoms with Crippen molar-refractivity contribution in [3.63, 3.8) is 0 Å². The monoisotopic (exact) mass is 368 g/mol. The second-order valence-electron chi connectivity index (χ2n) is 5.23. The molecule has 0 spiro atoms. The molecule has 1 heterocycles. The summed E-state index contributed by atoms with van der Waals surface area (Å²) in [5, 5.41) is 23.1. The van der Waals surface area contributed by atoms with Crippen LogP contribution in [0.3, 0.4) is 0 Å². The number of benzene rings is 1. The molecule has 3 rings (SSSR count). The summed E-state index contributed by atoms with van der Waals surface area (Å²) in [5.74, 6) is 0.545. The van der Waals surface area contributed by atoms with Crippen molar-refractivity contribution < 1.29 is 5.11 Å². The van der Waals surface area contributed by atoms with Gasteiger partial charge in [-0.05, 0) is 41.0 Å². The zero-order valence-corrected chi connectivity index (χ0v) is 13.9. The highest BCUT2D eigenvalue weighted by atomic mass is 79.9. The Hall–Kier alpha value is -0.920. The first-order valence-corrected chi connectivity index (χ1v) is 8.86. The number of halogens is 1. The van der Waals surface area contributed by atoms with E-state index in [1.54, 1.807) is 0 Å². The normalized spacial score (nSPS) is 17.2. The molecule has 21 heavy (non-hydrogen) atoms. The van der Waals surface area contributed by atoms with Crippen LogP contribution in [0.1, 0.15) is 43.4 Å². The lowest BCUT2D eigenvalue weighted by Gasteiger charge is -2.13. The van der Waals surface area contributed by atoms with Gasteiger partial charge in [0.15, 0.2) is 0 Å². The van der Waals surface area contributed by atoms with Crippen LogP contribution in [0.4, 0.5) is 0 Å². The molecule has 1 unspecified atom stereocenters. The van der Waals surface area contributed by atoms with Crippen molar-refractivity contribution in [2.75, 3.05) is 5.75 Å². The van der Waals surface area contributed by atoms with E-state index in [0.717, 1.165) is 28.0 Å². The minimum absolute atomic E-state index is 0.422. The highest BCUT2D eigenvalue weighted by molar-refractivity contribution is 9.10. The molecule has 1 aliphatic rings. The zero-order chi connectivity index (χ0) is 14.7. The summed E-state index contributed by atoms with van der Waals surface area (Å²) < 4.78 is 2.89. The Morgan fingerprint density at radius 1 is 1.38 bits per heavy atom. The van der Waals surface area contributed by atoms with Gasteiger partial charge in [-0.15, -0.1) is 5.10 Å². The summed E-state index contributed by atoms with van der Waals surface area (Å²) in [5.41, 5.74) is 0.900. The number of rotatable bonds is 5. The first kappa shape index (κ1) is 15.0. The van der Waals surface area contributed by atoms with Gasteiger partial charge >= 0.3 is 0 Å². The van der Waals surface area contributed by atoms with Crippen molar-refractivity contribution in [3.8, 4) is 0 Å². The van der Waals surface area contributed by atoms with Gasteiger partial charge in [-0.3, -0.25) is 0 Å². The van der Waals surface area contributed by atoms with E-state index < -0.39 is 6.10 Å². The van der Waals surface area contributed by atoms with E-state index in [4.69, 9.17) is 0 Å². The van der Waals surface area contributed by atoms with Crippen molar-refractivity contribution in [3.05, 3.63) is 34.3 Å². The van der Waals surface area contributed by atoms with Gasteiger partial charge < -0.3 is 5.11 Å². The molecule has 1 N–H and O–H groups in total. The van der Waals surface area contributed by atoms with Gasteiger partial charge in [-0.2, -0.15) is 0 Å². The summed E-state index contributed by atoms with van der Waals surface area (Å²) >= 11 is 4.93. The predicted octanol–water partition coefficient (Wildman–Crippen LogP) is 3.38. The Balaban J connectivity index is 1.64. The van der Waals surface area contributed by atoms with Crippen molar-refractivity contribution in [2.24, 2.45) is 0 Å². The van der Waals surface area contributed by atoms with Crippen LogP contribution in [0.5, 0.6) is 0 Å². The van der Waals surface area contributed by atoms with E-state index in [1.807, 2.05) is 28.9 Å². The van der Waals surface area contributed by atoms with Gasteiger partial charge in [0.1, 0.15) is 0 Å². The van der Waals surface area contributed by atoms with Gasteiger partial charge in [0, 0.05) is 10.2 Å². The summed E-state index contributed by atoms with van der Waals surface area (Å²) in [6.07, 6.45) is 4.26. The maximum absolute atomic E-state index is 10.3. The molecular weight excluding hydrogens is 352 g/mol. The standard InChI is InChI=1S/C14H17BrN4OS/c15-11-5-3-4-10(8-11)13(20)9-21-14-16-17-18-19(14)12-6-1-2-7-12/h3-5,8,12-13,20H,1-2,6-7,9H2. The van der Waals surface area contributed by atoms with Crippen LogP contribution in [0, 0.1) is 0 Å². The first-order valence-electron chi connectivity index (χ1n) is 7.08. The third-order valence-electron chi connectivity index (χ3n) is 3.74. The second-order valence-corrected chi connectivity index (χ2v) is 7.13. The molecule has 1 aliphatic carbocycles. The number of aromatic nitrogens is 4. The molecular formula is C14H17BrN4OS. The fourth-order valence-electron chi connectivity index (χ4n) is 2.62. The molecule has 0 saturated heterocycles. The highest BCUT2D eigenvalue weighted by Gasteiger charge is 2.22. The van der Waals surface area contributed by atoms with E-state index in [1.165, 1.54) is 24.6 Å². The molecule has 1 fully saturated rings. The van der Waals surface area contributed by atoms with Crippen LogP contribution < -0.4 is 0 Å². The maximum Gasteiger partial charge on any atom is 0.209 e. The SMILES string of the molecule is OC(CSc1nnnn1C1CCCC1)c1cccc(Br)c1. The molecule has 112 valence electrons. The lowest BCUT2D eigenvalue weighted by atomic mass is 10.1. The molecule has 0 amide bonds. The number of thioether (sulfide) groups is 1.